The number of carbonyl (C=O) groups excluding carboxylic acids is 1. The number of nitrogens with one attached hydrogen (secondary N) is 1. The zero-order valence-electron chi connectivity index (χ0n) is 10.3. The fourth-order valence-corrected chi connectivity index (χ4v) is 1.87. The number of carboxylic acids is 1. The maximum Gasteiger partial charge on any atom is 0.331 e. The van der Waals surface area contributed by atoms with E-state index < -0.39 is 22.3 Å². The Bertz CT molecular complexity index is 548. The number of ether oxygens (including phenoxy) is 1. The number of hydrogen-bond acceptors (Lipinski definition) is 6. The van der Waals surface area contributed by atoms with Crippen LogP contribution in [0.15, 0.2) is 12.4 Å². The van der Waals surface area contributed by atoms with E-state index in [2.05, 4.69) is 10.4 Å². The number of rotatable bonds is 5. The molecule has 1 aromatic heterocycles. The molecule has 1 aliphatic heterocycles. The molecule has 1 fully saturated rings. The lowest BCUT2D eigenvalue weighted by Gasteiger charge is -2.23. The Morgan fingerprint density at radius 1 is 1.65 bits per heavy atom. The first-order valence-corrected chi connectivity index (χ1v) is 5.72. The van der Waals surface area contributed by atoms with E-state index in [-0.39, 0.29) is 31.9 Å². The van der Waals surface area contributed by atoms with Gasteiger partial charge in [-0.1, -0.05) is 0 Å². The molecule has 1 unspecified atom stereocenters. The molecule has 0 spiro atoms. The standard InChI is InChI=1S/C10H12N4O6/c15-8(5-13-4-7(3-11-13)14(18)19)12-10(9(16)17)1-2-20-6-10/h3-4H,1-2,5-6H2,(H,12,15)(H,16,17). The number of aromatic nitrogens is 2. The van der Waals surface area contributed by atoms with Crippen LogP contribution in [0.2, 0.25) is 0 Å². The van der Waals surface area contributed by atoms with Crippen molar-refractivity contribution in [2.45, 2.75) is 18.5 Å². The molecule has 0 bridgehead atoms. The fourth-order valence-electron chi connectivity index (χ4n) is 1.87. The normalized spacial score (nSPS) is 21.6. The van der Waals surface area contributed by atoms with Crippen LogP contribution in [0.5, 0.6) is 0 Å². The minimum atomic E-state index is -1.43. The highest BCUT2D eigenvalue weighted by atomic mass is 16.6. The second-order valence-electron chi connectivity index (χ2n) is 4.39. The van der Waals surface area contributed by atoms with Crippen LogP contribution in [0.1, 0.15) is 6.42 Å². The van der Waals surface area contributed by atoms with E-state index in [1.165, 1.54) is 0 Å². The number of carboxylic acid groups (broad SMARTS) is 1. The summed E-state index contributed by atoms with van der Waals surface area (Å²) in [6.07, 6.45) is 2.28. The van der Waals surface area contributed by atoms with Gasteiger partial charge < -0.3 is 15.2 Å². The molecule has 1 aliphatic rings. The van der Waals surface area contributed by atoms with Gasteiger partial charge in [0.05, 0.1) is 11.5 Å². The Kier molecular flexibility index (Phi) is 3.66. The van der Waals surface area contributed by atoms with Crippen LogP contribution in [0, 0.1) is 10.1 Å². The molecule has 1 atom stereocenters. The minimum Gasteiger partial charge on any atom is -0.479 e. The van der Waals surface area contributed by atoms with E-state index in [0.717, 1.165) is 17.1 Å². The van der Waals surface area contributed by atoms with E-state index in [0.29, 0.717) is 0 Å². The molecule has 10 nitrogen and oxygen atoms in total. The average Bonchev–Trinajstić information content (AvgIpc) is 2.98. The SMILES string of the molecule is O=C(Cn1cc([N+](=O)[O-])cn1)NC1(C(=O)O)CCOC1. The highest BCUT2D eigenvalue weighted by Crippen LogP contribution is 2.19. The largest absolute Gasteiger partial charge is 0.479 e. The summed E-state index contributed by atoms with van der Waals surface area (Å²) in [5, 5.41) is 25.7. The first-order valence-electron chi connectivity index (χ1n) is 5.72. The van der Waals surface area contributed by atoms with Gasteiger partial charge in [-0.2, -0.15) is 5.10 Å². The molecular formula is C10H12N4O6. The lowest BCUT2D eigenvalue weighted by molar-refractivity contribution is -0.385. The Balaban J connectivity index is 2.01. The second kappa shape index (κ2) is 5.25. The summed E-state index contributed by atoms with van der Waals surface area (Å²) < 4.78 is 6.07. The summed E-state index contributed by atoms with van der Waals surface area (Å²) in [5.41, 5.74) is -1.68. The molecule has 2 rings (SSSR count). The van der Waals surface area contributed by atoms with Crippen LogP contribution < -0.4 is 5.32 Å². The molecule has 108 valence electrons. The van der Waals surface area contributed by atoms with E-state index in [4.69, 9.17) is 9.84 Å². The Hall–Kier alpha value is -2.49. The van der Waals surface area contributed by atoms with Crippen LogP contribution in [0.25, 0.3) is 0 Å². The first-order chi connectivity index (χ1) is 9.43. The number of nitro groups is 1. The van der Waals surface area contributed by atoms with Gasteiger partial charge in [0, 0.05) is 13.0 Å². The van der Waals surface area contributed by atoms with Crippen molar-refractivity contribution in [3.05, 3.63) is 22.5 Å². The Labute approximate surface area is 112 Å². The maximum absolute atomic E-state index is 11.8. The highest BCUT2D eigenvalue weighted by Gasteiger charge is 2.43. The van der Waals surface area contributed by atoms with Gasteiger partial charge in [0.1, 0.15) is 18.9 Å². The highest BCUT2D eigenvalue weighted by molar-refractivity contribution is 5.87. The van der Waals surface area contributed by atoms with Crippen LogP contribution >= 0.6 is 0 Å². The van der Waals surface area contributed by atoms with Crippen LogP contribution in [-0.4, -0.2) is 50.4 Å². The molecule has 1 saturated heterocycles. The summed E-state index contributed by atoms with van der Waals surface area (Å²) in [7, 11) is 0. The monoisotopic (exact) mass is 284 g/mol. The molecule has 2 heterocycles. The van der Waals surface area contributed by atoms with Crippen molar-refractivity contribution in [3.63, 3.8) is 0 Å². The van der Waals surface area contributed by atoms with Crippen LogP contribution in [-0.2, 0) is 20.9 Å². The Morgan fingerprint density at radius 2 is 2.40 bits per heavy atom. The molecule has 0 aromatic carbocycles. The van der Waals surface area contributed by atoms with Crippen molar-refractivity contribution in [1.82, 2.24) is 15.1 Å². The van der Waals surface area contributed by atoms with Gasteiger partial charge in [-0.05, 0) is 0 Å². The fraction of sp³-hybridized carbons (Fsp3) is 0.500. The lowest BCUT2D eigenvalue weighted by Crippen LogP contribution is -2.55. The molecule has 0 saturated carbocycles. The van der Waals surface area contributed by atoms with Crippen molar-refractivity contribution in [2.24, 2.45) is 0 Å². The first kappa shape index (κ1) is 13.9. The average molecular weight is 284 g/mol. The van der Waals surface area contributed by atoms with Crippen molar-refractivity contribution in [2.75, 3.05) is 13.2 Å². The van der Waals surface area contributed by atoms with Crippen molar-refractivity contribution in [3.8, 4) is 0 Å². The smallest absolute Gasteiger partial charge is 0.331 e. The number of carbonyl (C=O) groups is 2. The molecule has 1 aromatic rings. The van der Waals surface area contributed by atoms with Gasteiger partial charge in [-0.3, -0.25) is 19.6 Å². The van der Waals surface area contributed by atoms with Gasteiger partial charge in [0.25, 0.3) is 0 Å². The molecule has 20 heavy (non-hydrogen) atoms. The van der Waals surface area contributed by atoms with Crippen molar-refractivity contribution < 1.29 is 24.4 Å². The number of nitrogens with zero attached hydrogens (tertiary/aromatic N) is 3. The minimum absolute atomic E-state index is 0.104. The number of amides is 1. The maximum atomic E-state index is 11.8. The summed E-state index contributed by atoms with van der Waals surface area (Å²) in [6, 6.07) is 0. The van der Waals surface area contributed by atoms with Crippen molar-refractivity contribution >= 4 is 17.6 Å². The lowest BCUT2D eigenvalue weighted by atomic mass is 9.99. The molecule has 1 amide bonds. The van der Waals surface area contributed by atoms with E-state index in [1.54, 1.807) is 0 Å². The number of aliphatic carboxylic acids is 1. The van der Waals surface area contributed by atoms with Crippen LogP contribution in [0.4, 0.5) is 5.69 Å². The van der Waals surface area contributed by atoms with Gasteiger partial charge >= 0.3 is 11.7 Å². The molecule has 2 N–H and O–H groups in total. The van der Waals surface area contributed by atoms with Crippen molar-refractivity contribution in [1.29, 1.82) is 0 Å². The zero-order valence-corrected chi connectivity index (χ0v) is 10.3. The third-order valence-corrected chi connectivity index (χ3v) is 2.95. The summed E-state index contributed by atoms with van der Waals surface area (Å²) in [5.74, 6) is -1.77. The van der Waals surface area contributed by atoms with Gasteiger partial charge in [0.15, 0.2) is 5.54 Å². The predicted molar refractivity (Wildman–Crippen MR) is 62.8 cm³/mol. The summed E-state index contributed by atoms with van der Waals surface area (Å²) in [4.78, 5) is 32.8. The summed E-state index contributed by atoms with van der Waals surface area (Å²) >= 11 is 0. The molecule has 10 heteroatoms. The van der Waals surface area contributed by atoms with E-state index in [9.17, 15) is 19.7 Å². The third-order valence-electron chi connectivity index (χ3n) is 2.95. The quantitative estimate of drug-likeness (QED) is 0.530. The topological polar surface area (TPSA) is 137 Å². The second-order valence-corrected chi connectivity index (χ2v) is 4.39. The molecule has 0 radical (unpaired) electrons. The van der Waals surface area contributed by atoms with Crippen LogP contribution in [0.3, 0.4) is 0 Å². The zero-order chi connectivity index (χ0) is 14.8. The van der Waals surface area contributed by atoms with E-state index in [1.807, 2.05) is 0 Å². The Morgan fingerprint density at radius 3 is 2.90 bits per heavy atom. The van der Waals surface area contributed by atoms with Gasteiger partial charge in [0.2, 0.25) is 5.91 Å². The van der Waals surface area contributed by atoms with E-state index >= 15 is 0 Å². The number of hydrogen-bond donors (Lipinski definition) is 2. The predicted octanol–water partition coefficient (Wildman–Crippen LogP) is -0.849. The summed E-state index contributed by atoms with van der Waals surface area (Å²) in [6.45, 7) is -0.157. The third kappa shape index (κ3) is 2.74. The van der Waals surface area contributed by atoms with Gasteiger partial charge in [-0.15, -0.1) is 0 Å². The van der Waals surface area contributed by atoms with Gasteiger partial charge in [-0.25, -0.2) is 4.79 Å². The molecular weight excluding hydrogens is 272 g/mol. The molecule has 0 aliphatic carbocycles.